The highest BCUT2D eigenvalue weighted by atomic mass is 32.1. The van der Waals surface area contributed by atoms with Crippen LogP contribution in [0.2, 0.25) is 0 Å². The molecular weight excluding hydrogens is 354 g/mol. The predicted molar refractivity (Wildman–Crippen MR) is 99.7 cm³/mol. The van der Waals surface area contributed by atoms with E-state index in [4.69, 9.17) is 5.26 Å². The summed E-state index contributed by atoms with van der Waals surface area (Å²) in [5, 5.41) is 20.8. The van der Waals surface area contributed by atoms with Gasteiger partial charge in [-0.1, -0.05) is 0 Å². The van der Waals surface area contributed by atoms with Gasteiger partial charge in [0.1, 0.15) is 28.2 Å². The van der Waals surface area contributed by atoms with Gasteiger partial charge in [0, 0.05) is 35.6 Å². The third-order valence-corrected chi connectivity index (χ3v) is 5.17. The Balaban J connectivity index is 1.52. The van der Waals surface area contributed by atoms with Gasteiger partial charge in [-0.3, -0.25) is 4.99 Å². The molecule has 0 aliphatic carbocycles. The van der Waals surface area contributed by atoms with Gasteiger partial charge in [0.2, 0.25) is 0 Å². The molecule has 0 saturated carbocycles. The quantitative estimate of drug-likeness (QED) is 0.738. The van der Waals surface area contributed by atoms with Gasteiger partial charge in [-0.05, 0) is 18.6 Å². The van der Waals surface area contributed by atoms with Crippen molar-refractivity contribution in [2.45, 2.75) is 6.42 Å². The first-order valence-electron chi connectivity index (χ1n) is 7.65. The summed E-state index contributed by atoms with van der Waals surface area (Å²) in [6.07, 6.45) is 2.72. The fraction of sp³-hybridized carbons (Fsp3) is 0.188. The lowest BCUT2D eigenvalue weighted by molar-refractivity contribution is 0.740. The van der Waals surface area contributed by atoms with Gasteiger partial charge in [0.05, 0.1) is 0 Å². The maximum Gasteiger partial charge on any atom is 0.197 e. The van der Waals surface area contributed by atoms with E-state index < -0.39 is 0 Å². The number of nitrogens with zero attached hydrogens (tertiary/aromatic N) is 5. The minimum atomic E-state index is 0.398. The minimum Gasteiger partial charge on any atom is -0.356 e. The molecule has 0 fully saturated rings. The second-order valence-corrected chi connectivity index (χ2v) is 6.97. The van der Waals surface area contributed by atoms with Gasteiger partial charge in [-0.2, -0.15) is 5.26 Å². The van der Waals surface area contributed by atoms with Crippen molar-refractivity contribution in [1.82, 2.24) is 20.3 Å². The van der Waals surface area contributed by atoms with Crippen LogP contribution >= 0.6 is 22.7 Å². The van der Waals surface area contributed by atoms with Crippen LogP contribution in [-0.4, -0.2) is 34.0 Å². The summed E-state index contributed by atoms with van der Waals surface area (Å²) in [4.78, 5) is 17.7. The number of pyridine rings is 1. The van der Waals surface area contributed by atoms with Crippen LogP contribution in [-0.2, 0) is 0 Å². The Labute approximate surface area is 152 Å². The Bertz CT molecular complexity index is 950. The zero-order chi connectivity index (χ0) is 17.1. The number of rotatable bonds is 3. The summed E-state index contributed by atoms with van der Waals surface area (Å²) in [5.41, 5.74) is 2.94. The van der Waals surface area contributed by atoms with E-state index in [-0.39, 0.29) is 0 Å². The van der Waals surface area contributed by atoms with Crippen LogP contribution in [0.15, 0.2) is 34.1 Å². The van der Waals surface area contributed by atoms with E-state index in [9.17, 15) is 0 Å². The summed E-state index contributed by atoms with van der Waals surface area (Å²) in [6, 6.07) is 5.56. The van der Waals surface area contributed by atoms with E-state index in [0.717, 1.165) is 52.6 Å². The van der Waals surface area contributed by atoms with E-state index >= 15 is 0 Å². The Kier molecular flexibility index (Phi) is 4.37. The standard InChI is InChI=1S/C16H13N7S2/c17-6-11-3-2-10(7-20-11)14-21-12(8-24-14)13-9-25-16(22-13)23-15-18-4-1-5-19-15/h2-3,7-9H,1,4-5H2,(H2,18,19,22,23). The van der Waals surface area contributed by atoms with E-state index in [1.807, 2.05) is 22.9 Å². The van der Waals surface area contributed by atoms with Crippen molar-refractivity contribution < 1.29 is 0 Å². The smallest absolute Gasteiger partial charge is 0.197 e. The summed E-state index contributed by atoms with van der Waals surface area (Å²) < 4.78 is 0. The van der Waals surface area contributed by atoms with Crippen LogP contribution in [0.3, 0.4) is 0 Å². The van der Waals surface area contributed by atoms with Crippen molar-refractivity contribution in [1.29, 1.82) is 5.26 Å². The lowest BCUT2D eigenvalue weighted by Gasteiger charge is -2.13. The molecule has 9 heteroatoms. The topological polar surface area (TPSA) is 98.9 Å². The summed E-state index contributed by atoms with van der Waals surface area (Å²) in [7, 11) is 0. The number of aliphatic imine (C=N–C) groups is 1. The van der Waals surface area contributed by atoms with Crippen LogP contribution in [0.5, 0.6) is 0 Å². The molecule has 1 aliphatic heterocycles. The van der Waals surface area contributed by atoms with Crippen LogP contribution in [0, 0.1) is 11.3 Å². The normalized spacial score (nSPS) is 13.6. The molecule has 4 heterocycles. The number of hydrogen-bond donors (Lipinski definition) is 2. The van der Waals surface area contributed by atoms with Crippen molar-refractivity contribution in [2.24, 2.45) is 4.99 Å². The van der Waals surface area contributed by atoms with Gasteiger partial charge in [0.25, 0.3) is 0 Å². The third-order valence-electron chi connectivity index (χ3n) is 3.52. The summed E-state index contributed by atoms with van der Waals surface area (Å²) >= 11 is 3.05. The molecule has 0 saturated heterocycles. The average Bonchev–Trinajstić information content (AvgIpc) is 3.32. The van der Waals surface area contributed by atoms with Crippen molar-refractivity contribution in [3.63, 3.8) is 0 Å². The fourth-order valence-electron chi connectivity index (χ4n) is 2.28. The molecule has 0 bridgehead atoms. The lowest BCUT2D eigenvalue weighted by atomic mass is 10.2. The van der Waals surface area contributed by atoms with Gasteiger partial charge < -0.3 is 10.6 Å². The Morgan fingerprint density at radius 1 is 1.16 bits per heavy atom. The number of aromatic nitrogens is 3. The third kappa shape index (κ3) is 3.50. The summed E-state index contributed by atoms with van der Waals surface area (Å²) in [5.74, 6) is 0.773. The number of anilines is 1. The molecule has 0 amide bonds. The summed E-state index contributed by atoms with van der Waals surface area (Å²) in [6.45, 7) is 1.76. The second-order valence-electron chi connectivity index (χ2n) is 5.26. The first kappa shape index (κ1) is 15.7. The Morgan fingerprint density at radius 2 is 2.04 bits per heavy atom. The number of thiazole rings is 2. The molecule has 4 rings (SSSR count). The highest BCUT2D eigenvalue weighted by Gasteiger charge is 2.12. The maximum absolute atomic E-state index is 8.82. The Hall–Kier alpha value is -2.83. The van der Waals surface area contributed by atoms with Crippen LogP contribution in [0.25, 0.3) is 22.0 Å². The van der Waals surface area contributed by atoms with Crippen molar-refractivity contribution in [2.75, 3.05) is 18.4 Å². The van der Waals surface area contributed by atoms with E-state index in [1.54, 1.807) is 12.3 Å². The molecule has 124 valence electrons. The first-order chi connectivity index (χ1) is 12.3. The minimum absolute atomic E-state index is 0.398. The van der Waals surface area contributed by atoms with Crippen LogP contribution in [0.1, 0.15) is 12.1 Å². The molecular formula is C16H13N7S2. The highest BCUT2D eigenvalue weighted by Crippen LogP contribution is 2.30. The highest BCUT2D eigenvalue weighted by molar-refractivity contribution is 7.14. The molecule has 0 unspecified atom stereocenters. The molecule has 0 atom stereocenters. The zero-order valence-electron chi connectivity index (χ0n) is 13.1. The van der Waals surface area contributed by atoms with Crippen molar-refractivity contribution >= 4 is 33.8 Å². The first-order valence-corrected chi connectivity index (χ1v) is 9.41. The SMILES string of the molecule is N#Cc1ccc(-c2nc(-c3csc(NC4=NCCCN4)n3)cs2)cn1. The van der Waals surface area contributed by atoms with Crippen LogP contribution in [0.4, 0.5) is 5.13 Å². The van der Waals surface area contributed by atoms with Crippen LogP contribution < -0.4 is 10.6 Å². The molecule has 7 nitrogen and oxygen atoms in total. The van der Waals surface area contributed by atoms with Gasteiger partial charge in [0.15, 0.2) is 11.1 Å². The molecule has 1 aliphatic rings. The number of guanidine groups is 1. The monoisotopic (exact) mass is 367 g/mol. The molecule has 3 aromatic heterocycles. The molecule has 0 aromatic carbocycles. The number of hydrogen-bond acceptors (Lipinski definition) is 9. The number of nitriles is 1. The van der Waals surface area contributed by atoms with E-state index in [2.05, 4.69) is 30.6 Å². The van der Waals surface area contributed by atoms with E-state index in [1.165, 1.54) is 22.7 Å². The van der Waals surface area contributed by atoms with E-state index in [0.29, 0.717) is 5.69 Å². The molecule has 25 heavy (non-hydrogen) atoms. The maximum atomic E-state index is 8.82. The van der Waals surface area contributed by atoms with Gasteiger partial charge in [-0.15, -0.1) is 22.7 Å². The molecule has 0 spiro atoms. The zero-order valence-corrected chi connectivity index (χ0v) is 14.7. The molecule has 2 N–H and O–H groups in total. The van der Waals surface area contributed by atoms with Gasteiger partial charge in [-0.25, -0.2) is 15.0 Å². The largest absolute Gasteiger partial charge is 0.356 e. The molecule has 3 aromatic rings. The Morgan fingerprint density at radius 3 is 2.80 bits per heavy atom. The predicted octanol–water partition coefficient (Wildman–Crippen LogP) is 2.96. The molecule has 0 radical (unpaired) electrons. The number of nitrogens with one attached hydrogen (secondary N) is 2. The van der Waals surface area contributed by atoms with Crippen molar-refractivity contribution in [3.05, 3.63) is 34.8 Å². The van der Waals surface area contributed by atoms with Crippen molar-refractivity contribution in [3.8, 4) is 28.0 Å². The fourth-order valence-corrected chi connectivity index (χ4v) is 3.78. The van der Waals surface area contributed by atoms with Gasteiger partial charge >= 0.3 is 0 Å². The second kappa shape index (κ2) is 6.96. The lowest BCUT2D eigenvalue weighted by Crippen LogP contribution is -2.35. The average molecular weight is 367 g/mol.